The fourth-order valence-corrected chi connectivity index (χ4v) is 8.57. The molecule has 3 aliphatic heterocycles. The summed E-state index contributed by atoms with van der Waals surface area (Å²) in [6, 6.07) is 8.37. The molecule has 0 aliphatic carbocycles. The molecule has 10 heteroatoms. The first-order valence-corrected chi connectivity index (χ1v) is 18.0. The molecule has 2 N–H and O–H groups in total. The van der Waals surface area contributed by atoms with Crippen molar-refractivity contribution in [2.75, 3.05) is 32.7 Å². The SMILES string of the molecule is C=CCOCC=C[C@H]1CC(=C)[C@H](CC[C@H]2C[C@@H](C)C(=C)[C@@H](C[C@@H]3O[C@H](C[C@H](O)CO)[C@H](OC)[C@H]3CS(=O)(=O)c3ccccc3)O2)O1. The smallest absolute Gasteiger partial charge is 0.178 e. The Morgan fingerprint density at radius 1 is 1.07 bits per heavy atom. The third kappa shape index (κ3) is 9.70. The molecular formula is C36H52O9S. The molecule has 4 rings (SSSR count). The highest BCUT2D eigenvalue weighted by molar-refractivity contribution is 7.91. The predicted molar refractivity (Wildman–Crippen MR) is 177 cm³/mol. The maximum atomic E-state index is 13.5. The molecule has 1 aromatic rings. The molecule has 3 heterocycles. The van der Waals surface area contributed by atoms with Gasteiger partial charge in [0.1, 0.15) is 0 Å². The summed E-state index contributed by atoms with van der Waals surface area (Å²) < 4.78 is 57.6. The summed E-state index contributed by atoms with van der Waals surface area (Å²) in [5.74, 6) is -0.484. The molecule has 0 aromatic heterocycles. The molecule has 0 amide bonds. The highest BCUT2D eigenvalue weighted by atomic mass is 32.2. The Morgan fingerprint density at radius 3 is 2.52 bits per heavy atom. The first-order valence-electron chi connectivity index (χ1n) is 16.3. The van der Waals surface area contributed by atoms with Gasteiger partial charge < -0.3 is 33.9 Å². The van der Waals surface area contributed by atoms with E-state index in [9.17, 15) is 18.6 Å². The minimum atomic E-state index is -3.66. The van der Waals surface area contributed by atoms with Gasteiger partial charge in [-0.05, 0) is 48.5 Å². The van der Waals surface area contributed by atoms with Gasteiger partial charge in [0.25, 0.3) is 0 Å². The van der Waals surface area contributed by atoms with Crippen LogP contribution in [0.4, 0.5) is 0 Å². The summed E-state index contributed by atoms with van der Waals surface area (Å²) >= 11 is 0. The molecular weight excluding hydrogens is 608 g/mol. The van der Waals surface area contributed by atoms with Crippen LogP contribution in [-0.2, 0) is 33.5 Å². The molecule has 3 saturated heterocycles. The van der Waals surface area contributed by atoms with Gasteiger partial charge in [-0.15, -0.1) is 6.58 Å². The van der Waals surface area contributed by atoms with Gasteiger partial charge in [0.15, 0.2) is 9.84 Å². The van der Waals surface area contributed by atoms with Crippen LogP contribution in [0.25, 0.3) is 0 Å². The summed E-state index contributed by atoms with van der Waals surface area (Å²) in [6.07, 6.45) is 6.34. The Kier molecular flexibility index (Phi) is 13.8. The van der Waals surface area contributed by atoms with Crippen LogP contribution >= 0.6 is 0 Å². The minimum absolute atomic E-state index is 0.0156. The average Bonchev–Trinajstić information content (AvgIpc) is 3.55. The minimum Gasteiger partial charge on any atom is -0.394 e. The largest absolute Gasteiger partial charge is 0.394 e. The topological polar surface area (TPSA) is 121 Å². The summed E-state index contributed by atoms with van der Waals surface area (Å²) in [4.78, 5) is 0.240. The number of aliphatic hydroxyl groups is 2. The Morgan fingerprint density at radius 2 is 1.83 bits per heavy atom. The summed E-state index contributed by atoms with van der Waals surface area (Å²) in [6.45, 7) is 15.0. The third-order valence-electron chi connectivity index (χ3n) is 9.39. The Hall–Kier alpha value is -2.15. The van der Waals surface area contributed by atoms with Crippen molar-refractivity contribution < 1.29 is 42.3 Å². The summed E-state index contributed by atoms with van der Waals surface area (Å²) in [7, 11) is -2.14. The van der Waals surface area contributed by atoms with Gasteiger partial charge in [-0.1, -0.05) is 56.5 Å². The molecule has 0 radical (unpaired) electrons. The highest BCUT2D eigenvalue weighted by Crippen LogP contribution is 2.41. The maximum Gasteiger partial charge on any atom is 0.178 e. The van der Waals surface area contributed by atoms with Crippen molar-refractivity contribution in [2.45, 2.75) is 99.2 Å². The van der Waals surface area contributed by atoms with Crippen molar-refractivity contribution in [2.24, 2.45) is 11.8 Å². The molecule has 0 spiro atoms. The zero-order valence-electron chi connectivity index (χ0n) is 27.2. The number of ether oxygens (including phenoxy) is 5. The lowest BCUT2D eigenvalue weighted by atomic mass is 9.83. The van der Waals surface area contributed by atoms with Crippen molar-refractivity contribution in [3.05, 3.63) is 79.4 Å². The van der Waals surface area contributed by atoms with Gasteiger partial charge >= 0.3 is 0 Å². The number of methoxy groups -OCH3 is 1. The van der Waals surface area contributed by atoms with E-state index in [4.69, 9.17) is 23.7 Å². The zero-order valence-corrected chi connectivity index (χ0v) is 28.1. The number of rotatable bonds is 17. The highest BCUT2D eigenvalue weighted by Gasteiger charge is 2.49. The lowest BCUT2D eigenvalue weighted by Crippen LogP contribution is -2.40. The quantitative estimate of drug-likeness (QED) is 0.183. The fourth-order valence-electron chi connectivity index (χ4n) is 6.90. The first kappa shape index (κ1) is 36.7. The first-order chi connectivity index (χ1) is 22.1. The van der Waals surface area contributed by atoms with Crippen LogP contribution in [0.5, 0.6) is 0 Å². The zero-order chi connectivity index (χ0) is 33.3. The normalized spacial score (nSPS) is 32.7. The number of sulfone groups is 1. The Balaban J connectivity index is 1.42. The third-order valence-corrected chi connectivity index (χ3v) is 11.2. The Bertz CT molecular complexity index is 1280. The van der Waals surface area contributed by atoms with E-state index in [0.717, 1.165) is 36.8 Å². The standard InChI is InChI=1S/C36H52O9S/c1-6-16-42-17-10-11-28-19-25(3)32(43-28)15-14-29-18-24(2)26(4)33(44-29)21-34-31(23-46(39,40)30-12-8-7-9-13-30)36(41-5)35(45-34)20-27(38)22-37/h6-13,24,27-29,31-38H,1,3-4,14-23H2,2,5H3/t24-,27+,28+,29+,31+,32+,33-,34+,35-,36-/m1/s1. The van der Waals surface area contributed by atoms with E-state index in [1.165, 1.54) is 7.11 Å². The number of hydrogen-bond acceptors (Lipinski definition) is 9. The fraction of sp³-hybridized carbons (Fsp3) is 0.611. The molecule has 9 nitrogen and oxygen atoms in total. The molecule has 46 heavy (non-hydrogen) atoms. The van der Waals surface area contributed by atoms with Crippen molar-refractivity contribution >= 4 is 9.84 Å². The van der Waals surface area contributed by atoms with Gasteiger partial charge in [0.05, 0.1) is 79.3 Å². The van der Waals surface area contributed by atoms with E-state index in [1.54, 1.807) is 36.4 Å². The van der Waals surface area contributed by atoms with Gasteiger partial charge in [0.2, 0.25) is 0 Å². The van der Waals surface area contributed by atoms with E-state index in [-0.39, 0.29) is 47.4 Å². The van der Waals surface area contributed by atoms with Gasteiger partial charge in [-0.25, -0.2) is 8.42 Å². The Labute approximate surface area is 274 Å². The van der Waals surface area contributed by atoms with Crippen molar-refractivity contribution in [1.82, 2.24) is 0 Å². The van der Waals surface area contributed by atoms with Crippen LogP contribution in [-0.4, -0.2) is 100 Å². The van der Waals surface area contributed by atoms with Gasteiger partial charge in [0, 0.05) is 32.3 Å². The monoisotopic (exact) mass is 660 g/mol. The molecule has 256 valence electrons. The molecule has 1 aromatic carbocycles. The van der Waals surface area contributed by atoms with Crippen LogP contribution < -0.4 is 0 Å². The number of benzene rings is 1. The van der Waals surface area contributed by atoms with E-state index in [0.29, 0.717) is 19.6 Å². The van der Waals surface area contributed by atoms with Crippen LogP contribution in [0.3, 0.4) is 0 Å². The van der Waals surface area contributed by atoms with Crippen molar-refractivity contribution in [1.29, 1.82) is 0 Å². The molecule has 10 atom stereocenters. The summed E-state index contributed by atoms with van der Waals surface area (Å²) in [5, 5.41) is 19.7. The molecule has 0 saturated carbocycles. The maximum absolute atomic E-state index is 13.5. The lowest BCUT2D eigenvalue weighted by molar-refractivity contribution is -0.0785. The second kappa shape index (κ2) is 17.3. The van der Waals surface area contributed by atoms with Crippen LogP contribution in [0.15, 0.2) is 84.3 Å². The molecule has 3 aliphatic rings. The molecule has 0 unspecified atom stereocenters. The molecule has 0 bridgehead atoms. The summed E-state index contributed by atoms with van der Waals surface area (Å²) in [5.41, 5.74) is 2.04. The number of aliphatic hydroxyl groups excluding tert-OH is 2. The van der Waals surface area contributed by atoms with Crippen LogP contribution in [0.2, 0.25) is 0 Å². The second-order valence-electron chi connectivity index (χ2n) is 12.8. The molecule has 3 fully saturated rings. The number of hydrogen-bond donors (Lipinski definition) is 2. The second-order valence-corrected chi connectivity index (χ2v) is 14.8. The van der Waals surface area contributed by atoms with Gasteiger partial charge in [-0.3, -0.25) is 0 Å². The van der Waals surface area contributed by atoms with Crippen molar-refractivity contribution in [3.8, 4) is 0 Å². The predicted octanol–water partition coefficient (Wildman–Crippen LogP) is 4.59. The van der Waals surface area contributed by atoms with E-state index in [2.05, 4.69) is 26.7 Å². The van der Waals surface area contributed by atoms with Crippen LogP contribution in [0, 0.1) is 11.8 Å². The van der Waals surface area contributed by atoms with Crippen LogP contribution in [0.1, 0.15) is 45.4 Å². The van der Waals surface area contributed by atoms with E-state index >= 15 is 0 Å². The van der Waals surface area contributed by atoms with E-state index < -0.39 is 46.8 Å². The lowest BCUT2D eigenvalue weighted by Gasteiger charge is -2.38. The van der Waals surface area contributed by atoms with Crippen molar-refractivity contribution in [3.63, 3.8) is 0 Å². The average molecular weight is 661 g/mol. The van der Waals surface area contributed by atoms with E-state index in [1.807, 2.05) is 12.2 Å². The van der Waals surface area contributed by atoms with Gasteiger partial charge in [-0.2, -0.15) is 0 Å².